The summed E-state index contributed by atoms with van der Waals surface area (Å²) in [5, 5.41) is 6.60. The van der Waals surface area contributed by atoms with Gasteiger partial charge in [0.15, 0.2) is 0 Å². The second kappa shape index (κ2) is 8.93. The smallest absolute Gasteiger partial charge is 0.142 e. The van der Waals surface area contributed by atoms with Gasteiger partial charge in [-0.3, -0.25) is 0 Å². The number of hydrogen-bond donors (Lipinski definition) is 2. The van der Waals surface area contributed by atoms with Gasteiger partial charge in [-0.1, -0.05) is 25.5 Å². The maximum atomic E-state index is 12.8. The van der Waals surface area contributed by atoms with Crippen LogP contribution in [-0.4, -0.2) is 19.7 Å². The Hall–Kier alpha value is -2.23. The Morgan fingerprint density at radius 1 is 0.955 bits per heavy atom. The van der Waals surface area contributed by atoms with E-state index >= 15 is 0 Å². The highest BCUT2D eigenvalue weighted by molar-refractivity contribution is 5.56. The van der Waals surface area contributed by atoms with E-state index in [0.29, 0.717) is 0 Å². The van der Waals surface area contributed by atoms with Crippen molar-refractivity contribution in [3.8, 4) is 5.75 Å². The number of halogens is 1. The fourth-order valence-corrected chi connectivity index (χ4v) is 2.04. The molecule has 0 aliphatic heterocycles. The van der Waals surface area contributed by atoms with E-state index in [0.717, 1.165) is 49.7 Å². The van der Waals surface area contributed by atoms with Gasteiger partial charge >= 0.3 is 0 Å². The lowest BCUT2D eigenvalue weighted by Gasteiger charge is -2.13. The quantitative estimate of drug-likeness (QED) is 0.668. The van der Waals surface area contributed by atoms with Crippen molar-refractivity contribution >= 4 is 11.4 Å². The van der Waals surface area contributed by atoms with Crippen molar-refractivity contribution in [2.45, 2.75) is 19.8 Å². The van der Waals surface area contributed by atoms with Crippen LogP contribution in [0.2, 0.25) is 0 Å². The van der Waals surface area contributed by atoms with Gasteiger partial charge in [-0.05, 0) is 42.8 Å². The van der Waals surface area contributed by atoms with Crippen LogP contribution in [0.4, 0.5) is 15.8 Å². The maximum Gasteiger partial charge on any atom is 0.142 e. The molecule has 0 saturated carbocycles. The summed E-state index contributed by atoms with van der Waals surface area (Å²) in [4.78, 5) is 0. The van der Waals surface area contributed by atoms with Crippen LogP contribution >= 0.6 is 0 Å². The largest absolute Gasteiger partial charge is 0.491 e. The monoisotopic (exact) mass is 302 g/mol. The van der Waals surface area contributed by atoms with E-state index in [4.69, 9.17) is 4.74 Å². The van der Waals surface area contributed by atoms with E-state index in [-0.39, 0.29) is 5.82 Å². The molecule has 2 N–H and O–H groups in total. The summed E-state index contributed by atoms with van der Waals surface area (Å²) in [6.07, 6.45) is 2.18. The third-order valence-corrected chi connectivity index (χ3v) is 3.26. The van der Waals surface area contributed by atoms with Gasteiger partial charge in [0.25, 0.3) is 0 Å². The Morgan fingerprint density at radius 2 is 1.68 bits per heavy atom. The van der Waals surface area contributed by atoms with Crippen LogP contribution in [0.5, 0.6) is 5.75 Å². The van der Waals surface area contributed by atoms with Gasteiger partial charge in [0, 0.05) is 18.8 Å². The Kier molecular flexibility index (Phi) is 6.55. The van der Waals surface area contributed by atoms with Gasteiger partial charge in [-0.2, -0.15) is 0 Å². The first-order valence-corrected chi connectivity index (χ1v) is 7.74. The number of ether oxygens (including phenoxy) is 1. The summed E-state index contributed by atoms with van der Waals surface area (Å²) in [5.41, 5.74) is 1.91. The number of anilines is 2. The predicted octanol–water partition coefficient (Wildman–Crippen LogP) is 4.53. The fraction of sp³-hybridized carbons (Fsp3) is 0.333. The first kappa shape index (κ1) is 16.1. The van der Waals surface area contributed by atoms with Crippen molar-refractivity contribution in [1.29, 1.82) is 0 Å². The van der Waals surface area contributed by atoms with Crippen molar-refractivity contribution in [1.82, 2.24) is 0 Å². The molecule has 118 valence electrons. The van der Waals surface area contributed by atoms with Crippen LogP contribution in [0.3, 0.4) is 0 Å². The molecule has 0 amide bonds. The molecule has 0 aliphatic rings. The molecule has 0 saturated heterocycles. The minimum atomic E-state index is -0.221. The fourth-order valence-electron chi connectivity index (χ4n) is 2.04. The highest BCUT2D eigenvalue weighted by Gasteiger charge is 2.01. The molecule has 4 heteroatoms. The minimum absolute atomic E-state index is 0.221. The Bertz CT molecular complexity index is 557. The van der Waals surface area contributed by atoms with Crippen LogP contribution in [0.15, 0.2) is 48.5 Å². The van der Waals surface area contributed by atoms with Crippen LogP contribution in [0.25, 0.3) is 0 Å². The molecular weight excluding hydrogens is 279 g/mol. The molecular formula is C18H23FN2O. The van der Waals surface area contributed by atoms with Crippen LogP contribution in [0.1, 0.15) is 19.8 Å². The minimum Gasteiger partial charge on any atom is -0.491 e. The number of para-hydroxylation sites is 2. The summed E-state index contributed by atoms with van der Waals surface area (Å²) >= 11 is 0. The van der Waals surface area contributed by atoms with Gasteiger partial charge in [0.2, 0.25) is 0 Å². The normalized spacial score (nSPS) is 10.3. The van der Waals surface area contributed by atoms with Gasteiger partial charge in [-0.15, -0.1) is 0 Å². The van der Waals surface area contributed by atoms with Crippen molar-refractivity contribution < 1.29 is 9.13 Å². The second-order valence-corrected chi connectivity index (χ2v) is 5.06. The number of unbranched alkanes of at least 4 members (excludes halogenated alkanes) is 1. The SMILES string of the molecule is CCCCOc1ccccc1NCCNc1ccc(F)cc1. The summed E-state index contributed by atoms with van der Waals surface area (Å²) < 4.78 is 18.6. The lowest BCUT2D eigenvalue weighted by Crippen LogP contribution is -2.14. The summed E-state index contributed by atoms with van der Waals surface area (Å²) in [6, 6.07) is 14.3. The molecule has 0 radical (unpaired) electrons. The first-order chi connectivity index (χ1) is 10.8. The third-order valence-electron chi connectivity index (χ3n) is 3.26. The maximum absolute atomic E-state index is 12.8. The van der Waals surface area contributed by atoms with Gasteiger partial charge in [-0.25, -0.2) is 4.39 Å². The lowest BCUT2D eigenvalue weighted by atomic mass is 10.3. The lowest BCUT2D eigenvalue weighted by molar-refractivity contribution is 0.311. The Balaban J connectivity index is 1.77. The molecule has 0 unspecified atom stereocenters. The zero-order valence-corrected chi connectivity index (χ0v) is 12.9. The van der Waals surface area contributed by atoms with E-state index in [2.05, 4.69) is 17.6 Å². The van der Waals surface area contributed by atoms with Gasteiger partial charge < -0.3 is 15.4 Å². The molecule has 2 rings (SSSR count). The topological polar surface area (TPSA) is 33.3 Å². The molecule has 0 bridgehead atoms. The average molecular weight is 302 g/mol. The van der Waals surface area contributed by atoms with Crippen molar-refractivity contribution in [3.63, 3.8) is 0 Å². The molecule has 0 fully saturated rings. The number of benzene rings is 2. The molecule has 0 aromatic heterocycles. The standard InChI is InChI=1S/C18H23FN2O/c1-2-3-14-22-18-7-5-4-6-17(18)21-13-12-20-16-10-8-15(19)9-11-16/h4-11,20-21H,2-3,12-14H2,1H3. The molecule has 0 atom stereocenters. The van der Waals surface area contributed by atoms with E-state index in [1.165, 1.54) is 12.1 Å². The van der Waals surface area contributed by atoms with Gasteiger partial charge in [0.05, 0.1) is 12.3 Å². The molecule has 2 aromatic rings. The van der Waals surface area contributed by atoms with Crippen molar-refractivity contribution in [3.05, 3.63) is 54.3 Å². The molecule has 22 heavy (non-hydrogen) atoms. The molecule has 3 nitrogen and oxygen atoms in total. The molecule has 0 spiro atoms. The average Bonchev–Trinajstić information content (AvgIpc) is 2.55. The second-order valence-electron chi connectivity index (χ2n) is 5.06. The zero-order chi connectivity index (χ0) is 15.6. The van der Waals surface area contributed by atoms with Crippen LogP contribution in [-0.2, 0) is 0 Å². The predicted molar refractivity (Wildman–Crippen MR) is 90.2 cm³/mol. The highest BCUT2D eigenvalue weighted by Crippen LogP contribution is 2.23. The number of rotatable bonds is 9. The van der Waals surface area contributed by atoms with Crippen molar-refractivity contribution in [2.24, 2.45) is 0 Å². The summed E-state index contributed by atoms with van der Waals surface area (Å²) in [5.74, 6) is 0.666. The van der Waals surface area contributed by atoms with Crippen molar-refractivity contribution in [2.75, 3.05) is 30.3 Å². The first-order valence-electron chi connectivity index (χ1n) is 7.74. The van der Waals surface area contributed by atoms with E-state index in [1.807, 2.05) is 24.3 Å². The van der Waals surface area contributed by atoms with Gasteiger partial charge in [0.1, 0.15) is 11.6 Å². The van der Waals surface area contributed by atoms with E-state index < -0.39 is 0 Å². The summed E-state index contributed by atoms with van der Waals surface area (Å²) in [7, 11) is 0. The molecule has 2 aromatic carbocycles. The summed E-state index contributed by atoms with van der Waals surface area (Å²) in [6.45, 7) is 4.39. The van der Waals surface area contributed by atoms with E-state index in [1.54, 1.807) is 12.1 Å². The molecule has 0 heterocycles. The molecule has 0 aliphatic carbocycles. The zero-order valence-electron chi connectivity index (χ0n) is 12.9. The Labute approximate surface area is 131 Å². The van der Waals surface area contributed by atoms with Crippen LogP contribution in [0, 0.1) is 5.82 Å². The number of nitrogens with one attached hydrogen (secondary N) is 2. The number of hydrogen-bond acceptors (Lipinski definition) is 3. The van der Waals surface area contributed by atoms with E-state index in [9.17, 15) is 4.39 Å². The Morgan fingerprint density at radius 3 is 2.45 bits per heavy atom. The van der Waals surface area contributed by atoms with Crippen LogP contribution < -0.4 is 15.4 Å². The third kappa shape index (κ3) is 5.28. The highest BCUT2D eigenvalue weighted by atomic mass is 19.1.